The number of nitrogens with two attached hydrogens (primary N) is 1. The zero-order valence-corrected chi connectivity index (χ0v) is 9.52. The van der Waals surface area contributed by atoms with Gasteiger partial charge in [-0.05, 0) is 18.2 Å². The SMILES string of the molecule is Nc1cccc2c(=O)n(CC3CNC3)ccc12. The van der Waals surface area contributed by atoms with Crippen molar-refractivity contribution in [1.82, 2.24) is 9.88 Å². The fourth-order valence-electron chi connectivity index (χ4n) is 2.24. The monoisotopic (exact) mass is 229 g/mol. The Kier molecular flexibility index (Phi) is 2.37. The summed E-state index contributed by atoms with van der Waals surface area (Å²) in [6, 6.07) is 7.41. The van der Waals surface area contributed by atoms with Gasteiger partial charge in [-0.2, -0.15) is 0 Å². The van der Waals surface area contributed by atoms with E-state index in [1.807, 2.05) is 30.5 Å². The lowest BCUT2D eigenvalue weighted by molar-refractivity contribution is 0.304. The quantitative estimate of drug-likeness (QED) is 0.749. The topological polar surface area (TPSA) is 60.1 Å². The van der Waals surface area contributed by atoms with E-state index in [4.69, 9.17) is 5.73 Å². The summed E-state index contributed by atoms with van der Waals surface area (Å²) in [5.41, 5.74) is 6.58. The molecular weight excluding hydrogens is 214 g/mol. The Labute approximate surface area is 99.0 Å². The first-order valence-corrected chi connectivity index (χ1v) is 5.84. The number of rotatable bonds is 2. The van der Waals surface area contributed by atoms with Gasteiger partial charge >= 0.3 is 0 Å². The van der Waals surface area contributed by atoms with Crippen molar-refractivity contribution in [2.75, 3.05) is 18.8 Å². The van der Waals surface area contributed by atoms with Gasteiger partial charge in [-0.25, -0.2) is 0 Å². The van der Waals surface area contributed by atoms with Gasteiger partial charge in [0.25, 0.3) is 5.56 Å². The molecule has 0 aliphatic carbocycles. The van der Waals surface area contributed by atoms with Gasteiger partial charge in [-0.15, -0.1) is 0 Å². The van der Waals surface area contributed by atoms with Crippen molar-refractivity contribution in [3.05, 3.63) is 40.8 Å². The third kappa shape index (κ3) is 1.70. The maximum Gasteiger partial charge on any atom is 0.258 e. The van der Waals surface area contributed by atoms with Gasteiger partial charge in [0.2, 0.25) is 0 Å². The van der Waals surface area contributed by atoms with Crippen LogP contribution in [0.2, 0.25) is 0 Å². The smallest absolute Gasteiger partial charge is 0.258 e. The number of aromatic nitrogens is 1. The molecule has 1 aromatic heterocycles. The molecule has 0 atom stereocenters. The Hall–Kier alpha value is -1.81. The van der Waals surface area contributed by atoms with Gasteiger partial charge in [0.1, 0.15) is 0 Å². The molecule has 4 nitrogen and oxygen atoms in total. The van der Waals surface area contributed by atoms with Crippen LogP contribution in [-0.2, 0) is 6.54 Å². The summed E-state index contributed by atoms with van der Waals surface area (Å²) in [6.07, 6.45) is 1.85. The van der Waals surface area contributed by atoms with Crippen LogP contribution in [0.1, 0.15) is 0 Å². The van der Waals surface area contributed by atoms with Crippen molar-refractivity contribution in [2.24, 2.45) is 5.92 Å². The Balaban J connectivity index is 2.09. The second-order valence-electron chi connectivity index (χ2n) is 4.61. The fraction of sp³-hybridized carbons (Fsp3) is 0.308. The first kappa shape index (κ1) is 10.4. The van der Waals surface area contributed by atoms with Gasteiger partial charge in [-0.1, -0.05) is 6.07 Å². The molecule has 0 unspecified atom stereocenters. The average molecular weight is 229 g/mol. The molecule has 0 spiro atoms. The molecule has 1 fully saturated rings. The largest absolute Gasteiger partial charge is 0.398 e. The number of nitrogens with one attached hydrogen (secondary N) is 1. The maximum absolute atomic E-state index is 12.2. The summed E-state index contributed by atoms with van der Waals surface area (Å²) in [5, 5.41) is 4.77. The highest BCUT2D eigenvalue weighted by atomic mass is 16.1. The molecule has 17 heavy (non-hydrogen) atoms. The Morgan fingerprint density at radius 3 is 2.82 bits per heavy atom. The molecule has 1 aliphatic heterocycles. The standard InChI is InChI=1S/C13H15N3O/c14-12-3-1-2-11-10(12)4-5-16(13(11)17)8-9-6-15-7-9/h1-5,9,15H,6-8,14H2. The third-order valence-electron chi connectivity index (χ3n) is 3.37. The van der Waals surface area contributed by atoms with Crippen molar-refractivity contribution in [2.45, 2.75) is 6.54 Å². The highest BCUT2D eigenvalue weighted by Gasteiger charge is 2.17. The van der Waals surface area contributed by atoms with Crippen LogP contribution < -0.4 is 16.6 Å². The molecule has 3 N–H and O–H groups in total. The third-order valence-corrected chi connectivity index (χ3v) is 3.37. The second kappa shape index (κ2) is 3.89. The molecule has 0 saturated carbocycles. The normalized spacial score (nSPS) is 16.0. The molecule has 0 radical (unpaired) electrons. The van der Waals surface area contributed by atoms with Crippen LogP contribution in [-0.4, -0.2) is 17.7 Å². The Bertz CT molecular complexity index is 614. The van der Waals surface area contributed by atoms with E-state index in [0.717, 1.165) is 25.0 Å². The Morgan fingerprint density at radius 1 is 1.29 bits per heavy atom. The van der Waals surface area contributed by atoms with Gasteiger partial charge in [0.15, 0.2) is 0 Å². The number of benzene rings is 1. The van der Waals surface area contributed by atoms with E-state index in [2.05, 4.69) is 5.32 Å². The second-order valence-corrected chi connectivity index (χ2v) is 4.61. The van der Waals surface area contributed by atoms with Crippen molar-refractivity contribution in [1.29, 1.82) is 0 Å². The summed E-state index contributed by atoms with van der Waals surface area (Å²) in [6.45, 7) is 2.79. The molecule has 0 bridgehead atoms. The van der Waals surface area contributed by atoms with Gasteiger partial charge < -0.3 is 15.6 Å². The molecule has 2 heterocycles. The van der Waals surface area contributed by atoms with E-state index in [1.54, 1.807) is 4.57 Å². The molecule has 2 aromatic rings. The summed E-state index contributed by atoms with van der Waals surface area (Å²) >= 11 is 0. The number of nitrogen functional groups attached to an aromatic ring is 1. The zero-order chi connectivity index (χ0) is 11.8. The highest BCUT2D eigenvalue weighted by Crippen LogP contribution is 2.17. The Morgan fingerprint density at radius 2 is 2.12 bits per heavy atom. The minimum absolute atomic E-state index is 0.0571. The predicted molar refractivity (Wildman–Crippen MR) is 69.0 cm³/mol. The number of pyridine rings is 1. The molecule has 1 saturated heterocycles. The van der Waals surface area contributed by atoms with Crippen LogP contribution in [0, 0.1) is 5.92 Å². The van der Waals surface area contributed by atoms with E-state index in [1.165, 1.54) is 0 Å². The maximum atomic E-state index is 12.2. The molecule has 1 aromatic carbocycles. The fourth-order valence-corrected chi connectivity index (χ4v) is 2.24. The molecule has 88 valence electrons. The summed E-state index contributed by atoms with van der Waals surface area (Å²) in [7, 11) is 0. The molecule has 4 heteroatoms. The van der Waals surface area contributed by atoms with Crippen molar-refractivity contribution in [3.8, 4) is 0 Å². The molecule has 0 amide bonds. The van der Waals surface area contributed by atoms with Crippen LogP contribution in [0.3, 0.4) is 0 Å². The average Bonchev–Trinajstić information content (AvgIpc) is 2.27. The van der Waals surface area contributed by atoms with E-state index in [0.29, 0.717) is 17.0 Å². The van der Waals surface area contributed by atoms with Crippen molar-refractivity contribution < 1.29 is 0 Å². The summed E-state index contributed by atoms with van der Waals surface area (Å²) < 4.78 is 1.78. The lowest BCUT2D eigenvalue weighted by Crippen LogP contribution is -2.45. The minimum atomic E-state index is 0.0571. The van der Waals surface area contributed by atoms with Crippen molar-refractivity contribution >= 4 is 16.5 Å². The molecule has 1 aliphatic rings. The molecule has 3 rings (SSSR count). The number of nitrogens with zero attached hydrogens (tertiary/aromatic N) is 1. The van der Waals surface area contributed by atoms with Crippen molar-refractivity contribution in [3.63, 3.8) is 0 Å². The number of hydrogen-bond donors (Lipinski definition) is 2. The minimum Gasteiger partial charge on any atom is -0.398 e. The lowest BCUT2D eigenvalue weighted by atomic mass is 10.0. The van der Waals surface area contributed by atoms with Crippen LogP contribution in [0.5, 0.6) is 0 Å². The van der Waals surface area contributed by atoms with E-state index >= 15 is 0 Å². The highest BCUT2D eigenvalue weighted by molar-refractivity contribution is 5.91. The van der Waals surface area contributed by atoms with Crippen LogP contribution >= 0.6 is 0 Å². The van der Waals surface area contributed by atoms with Crippen LogP contribution in [0.25, 0.3) is 10.8 Å². The molecular formula is C13H15N3O. The first-order chi connectivity index (χ1) is 8.25. The van der Waals surface area contributed by atoms with E-state index < -0.39 is 0 Å². The number of hydrogen-bond acceptors (Lipinski definition) is 3. The predicted octanol–water partition coefficient (Wildman–Crippen LogP) is 0.803. The van der Waals surface area contributed by atoms with Gasteiger partial charge in [0.05, 0.1) is 0 Å². The van der Waals surface area contributed by atoms with E-state index in [-0.39, 0.29) is 5.56 Å². The van der Waals surface area contributed by atoms with Gasteiger partial charge in [0, 0.05) is 48.2 Å². The first-order valence-electron chi connectivity index (χ1n) is 5.84. The van der Waals surface area contributed by atoms with E-state index in [9.17, 15) is 4.79 Å². The van der Waals surface area contributed by atoms with Gasteiger partial charge in [-0.3, -0.25) is 4.79 Å². The number of fused-ring (bicyclic) bond motifs is 1. The number of anilines is 1. The zero-order valence-electron chi connectivity index (χ0n) is 9.52. The summed E-state index contributed by atoms with van der Waals surface area (Å²) in [5.74, 6) is 0.575. The lowest BCUT2D eigenvalue weighted by Gasteiger charge is -2.27. The van der Waals surface area contributed by atoms with Crippen LogP contribution in [0.4, 0.5) is 5.69 Å². The van der Waals surface area contributed by atoms with Crippen LogP contribution in [0.15, 0.2) is 35.3 Å². The summed E-state index contributed by atoms with van der Waals surface area (Å²) in [4.78, 5) is 12.2.